The Labute approximate surface area is 98.5 Å². The molecule has 0 saturated heterocycles. The number of ether oxygens (including phenoxy) is 1. The van der Waals surface area contributed by atoms with Crippen molar-refractivity contribution in [2.75, 3.05) is 6.61 Å². The molecule has 3 nitrogen and oxygen atoms in total. The smallest absolute Gasteiger partial charge is 0.354 e. The van der Waals surface area contributed by atoms with Gasteiger partial charge in [-0.25, -0.2) is 4.79 Å². The quantitative estimate of drug-likeness (QED) is 0.772. The van der Waals surface area contributed by atoms with Crippen molar-refractivity contribution in [3.05, 3.63) is 22.4 Å². The van der Waals surface area contributed by atoms with Gasteiger partial charge in [0, 0.05) is 17.2 Å². The third-order valence-corrected chi connectivity index (χ3v) is 2.41. The number of aryl methyl sites for hydroxylation is 1. The lowest BCUT2D eigenvalue weighted by atomic mass is 10.4. The Morgan fingerprint density at radius 2 is 2.20 bits per heavy atom. The van der Waals surface area contributed by atoms with Crippen LogP contribution in [-0.4, -0.2) is 17.1 Å². The van der Waals surface area contributed by atoms with Crippen LogP contribution in [0.1, 0.15) is 37.2 Å². The predicted molar refractivity (Wildman–Crippen MR) is 63.0 cm³/mol. The summed E-state index contributed by atoms with van der Waals surface area (Å²) in [4.78, 5) is 11.6. The van der Waals surface area contributed by atoms with Crippen LogP contribution in [0.3, 0.4) is 0 Å². The first-order chi connectivity index (χ1) is 7.19. The van der Waals surface area contributed by atoms with E-state index < -0.39 is 0 Å². The summed E-state index contributed by atoms with van der Waals surface area (Å²) in [6.45, 7) is 5.37. The fraction of sp³-hybridized carbons (Fsp3) is 0.545. The van der Waals surface area contributed by atoms with Gasteiger partial charge in [0.1, 0.15) is 5.69 Å². The van der Waals surface area contributed by atoms with Crippen molar-refractivity contribution in [3.63, 3.8) is 0 Å². The van der Waals surface area contributed by atoms with Crippen LogP contribution >= 0.6 is 15.9 Å². The van der Waals surface area contributed by atoms with Crippen LogP contribution in [-0.2, 0) is 11.3 Å². The highest BCUT2D eigenvalue weighted by Gasteiger charge is 2.13. The lowest BCUT2D eigenvalue weighted by Crippen LogP contribution is -2.12. The van der Waals surface area contributed by atoms with Gasteiger partial charge in [0.05, 0.1) is 6.61 Å². The molecule has 4 heteroatoms. The summed E-state index contributed by atoms with van der Waals surface area (Å²) in [7, 11) is 0. The zero-order valence-electron chi connectivity index (χ0n) is 9.12. The summed E-state index contributed by atoms with van der Waals surface area (Å²) in [5.74, 6) is -0.240. The molecule has 0 fully saturated rings. The SMILES string of the molecule is CCCOC(=O)c1cc(Br)cn1CCC. The third-order valence-electron chi connectivity index (χ3n) is 1.97. The van der Waals surface area contributed by atoms with E-state index in [0.29, 0.717) is 12.3 Å². The van der Waals surface area contributed by atoms with E-state index in [1.54, 1.807) is 6.07 Å². The number of carbonyl (C=O) groups is 1. The van der Waals surface area contributed by atoms with Gasteiger partial charge in [-0.3, -0.25) is 0 Å². The molecule has 1 heterocycles. The Balaban J connectivity index is 2.77. The second-order valence-corrected chi connectivity index (χ2v) is 4.29. The highest BCUT2D eigenvalue weighted by atomic mass is 79.9. The number of hydrogen-bond donors (Lipinski definition) is 0. The van der Waals surface area contributed by atoms with E-state index in [4.69, 9.17) is 4.74 Å². The predicted octanol–water partition coefficient (Wildman–Crippen LogP) is 3.23. The van der Waals surface area contributed by atoms with Gasteiger partial charge in [-0.05, 0) is 34.8 Å². The number of rotatable bonds is 5. The zero-order valence-corrected chi connectivity index (χ0v) is 10.7. The average molecular weight is 274 g/mol. The van der Waals surface area contributed by atoms with E-state index in [1.807, 2.05) is 17.7 Å². The Bertz CT molecular complexity index is 333. The average Bonchev–Trinajstić information content (AvgIpc) is 2.57. The molecule has 0 unspecified atom stereocenters. The summed E-state index contributed by atoms with van der Waals surface area (Å²) >= 11 is 3.36. The lowest BCUT2D eigenvalue weighted by molar-refractivity contribution is 0.0492. The first-order valence-electron chi connectivity index (χ1n) is 5.21. The molecule has 0 radical (unpaired) electrons. The molecule has 0 saturated carbocycles. The van der Waals surface area contributed by atoms with Crippen molar-refractivity contribution in [1.29, 1.82) is 0 Å². The molecule has 0 N–H and O–H groups in total. The summed E-state index contributed by atoms with van der Waals surface area (Å²) in [5, 5.41) is 0. The fourth-order valence-electron chi connectivity index (χ4n) is 1.34. The number of halogens is 1. The Morgan fingerprint density at radius 3 is 2.80 bits per heavy atom. The Morgan fingerprint density at radius 1 is 1.47 bits per heavy atom. The molecule has 15 heavy (non-hydrogen) atoms. The van der Waals surface area contributed by atoms with Gasteiger partial charge >= 0.3 is 5.97 Å². The van der Waals surface area contributed by atoms with Gasteiger partial charge in [-0.15, -0.1) is 0 Å². The minimum atomic E-state index is -0.240. The van der Waals surface area contributed by atoms with E-state index in [9.17, 15) is 4.79 Å². The second-order valence-electron chi connectivity index (χ2n) is 3.37. The first kappa shape index (κ1) is 12.3. The Hall–Kier alpha value is -0.770. The van der Waals surface area contributed by atoms with Crippen LogP contribution in [0.2, 0.25) is 0 Å². The topological polar surface area (TPSA) is 31.2 Å². The van der Waals surface area contributed by atoms with E-state index in [0.717, 1.165) is 23.9 Å². The van der Waals surface area contributed by atoms with Gasteiger partial charge in [0.2, 0.25) is 0 Å². The zero-order chi connectivity index (χ0) is 11.3. The van der Waals surface area contributed by atoms with Gasteiger partial charge in [0.25, 0.3) is 0 Å². The minimum Gasteiger partial charge on any atom is -0.461 e. The molecule has 0 amide bonds. The molecule has 0 atom stereocenters. The molecule has 1 aromatic heterocycles. The van der Waals surface area contributed by atoms with Crippen molar-refractivity contribution in [2.45, 2.75) is 33.2 Å². The maximum absolute atomic E-state index is 11.6. The monoisotopic (exact) mass is 273 g/mol. The number of esters is 1. The van der Waals surface area contributed by atoms with Crippen LogP contribution < -0.4 is 0 Å². The van der Waals surface area contributed by atoms with Crippen molar-refractivity contribution >= 4 is 21.9 Å². The summed E-state index contributed by atoms with van der Waals surface area (Å²) in [6.07, 6.45) is 3.75. The van der Waals surface area contributed by atoms with Crippen LogP contribution in [0.4, 0.5) is 0 Å². The summed E-state index contributed by atoms with van der Waals surface area (Å²) in [5.41, 5.74) is 0.622. The van der Waals surface area contributed by atoms with Crippen LogP contribution in [0.15, 0.2) is 16.7 Å². The largest absolute Gasteiger partial charge is 0.461 e. The molecular formula is C11H16BrNO2. The van der Waals surface area contributed by atoms with Gasteiger partial charge in [0.15, 0.2) is 0 Å². The lowest BCUT2D eigenvalue weighted by Gasteiger charge is -2.06. The second kappa shape index (κ2) is 5.95. The Kier molecular flexibility index (Phi) is 4.88. The molecule has 0 aliphatic carbocycles. The molecule has 0 spiro atoms. The highest BCUT2D eigenvalue weighted by molar-refractivity contribution is 9.10. The molecule has 0 bridgehead atoms. The van der Waals surface area contributed by atoms with Crippen molar-refractivity contribution in [1.82, 2.24) is 4.57 Å². The van der Waals surface area contributed by atoms with Crippen LogP contribution in [0.25, 0.3) is 0 Å². The summed E-state index contributed by atoms with van der Waals surface area (Å²) < 4.78 is 7.93. The minimum absolute atomic E-state index is 0.240. The molecule has 1 rings (SSSR count). The molecule has 0 aliphatic rings. The molecular weight excluding hydrogens is 258 g/mol. The summed E-state index contributed by atoms with van der Waals surface area (Å²) in [6, 6.07) is 1.80. The van der Waals surface area contributed by atoms with Crippen molar-refractivity contribution < 1.29 is 9.53 Å². The maximum atomic E-state index is 11.6. The molecule has 84 valence electrons. The number of nitrogens with zero attached hydrogens (tertiary/aromatic N) is 1. The van der Waals surface area contributed by atoms with E-state index in [-0.39, 0.29) is 5.97 Å². The van der Waals surface area contributed by atoms with Gasteiger partial charge in [-0.1, -0.05) is 13.8 Å². The third kappa shape index (κ3) is 3.38. The fourth-order valence-corrected chi connectivity index (χ4v) is 1.80. The highest BCUT2D eigenvalue weighted by Crippen LogP contribution is 2.16. The van der Waals surface area contributed by atoms with Gasteiger partial charge in [-0.2, -0.15) is 0 Å². The maximum Gasteiger partial charge on any atom is 0.354 e. The van der Waals surface area contributed by atoms with Crippen LogP contribution in [0.5, 0.6) is 0 Å². The number of aromatic nitrogens is 1. The van der Waals surface area contributed by atoms with E-state index >= 15 is 0 Å². The number of hydrogen-bond acceptors (Lipinski definition) is 2. The number of carbonyl (C=O) groups excluding carboxylic acids is 1. The van der Waals surface area contributed by atoms with Gasteiger partial charge < -0.3 is 9.30 Å². The molecule has 0 aromatic carbocycles. The molecule has 0 aliphatic heterocycles. The van der Waals surface area contributed by atoms with E-state index in [1.165, 1.54) is 0 Å². The normalized spacial score (nSPS) is 10.3. The van der Waals surface area contributed by atoms with Crippen molar-refractivity contribution in [3.8, 4) is 0 Å². The van der Waals surface area contributed by atoms with E-state index in [2.05, 4.69) is 22.9 Å². The van der Waals surface area contributed by atoms with Crippen molar-refractivity contribution in [2.24, 2.45) is 0 Å². The first-order valence-corrected chi connectivity index (χ1v) is 6.01. The molecule has 1 aromatic rings. The van der Waals surface area contributed by atoms with Crippen LogP contribution in [0, 0.1) is 0 Å². The standard InChI is InChI=1S/C11H16BrNO2/c1-3-5-13-8-9(12)7-10(13)11(14)15-6-4-2/h7-8H,3-6H2,1-2H3.